The van der Waals surface area contributed by atoms with E-state index in [-0.39, 0.29) is 23.5 Å². The number of piperazine rings is 1. The molecular weight excluding hydrogens is 397 g/mol. The maximum absolute atomic E-state index is 14.0. The van der Waals surface area contributed by atoms with Crippen molar-refractivity contribution < 1.29 is 13.6 Å². The molecule has 31 heavy (non-hydrogen) atoms. The summed E-state index contributed by atoms with van der Waals surface area (Å²) in [4.78, 5) is 25.2. The number of hydrogen-bond acceptors (Lipinski definition) is 6. The Kier molecular flexibility index (Phi) is 6.57. The molecule has 0 spiro atoms. The SMILES string of the molecule is CCC(NC(=O)c1coc(CN2CCN(c3ccccc3F)CC2)n1)c1ccncc1. The zero-order chi connectivity index (χ0) is 21.6. The zero-order valence-electron chi connectivity index (χ0n) is 17.5. The van der Waals surface area contributed by atoms with E-state index in [1.807, 2.05) is 30.0 Å². The Morgan fingerprint density at radius 1 is 1.16 bits per heavy atom. The van der Waals surface area contributed by atoms with Gasteiger partial charge in [-0.15, -0.1) is 0 Å². The molecule has 1 saturated heterocycles. The summed E-state index contributed by atoms with van der Waals surface area (Å²) in [7, 11) is 0. The summed E-state index contributed by atoms with van der Waals surface area (Å²) in [5.41, 5.74) is 1.91. The lowest BCUT2D eigenvalue weighted by Gasteiger charge is -2.35. The van der Waals surface area contributed by atoms with Gasteiger partial charge in [-0.2, -0.15) is 0 Å². The van der Waals surface area contributed by atoms with Crippen molar-refractivity contribution in [2.45, 2.75) is 25.9 Å². The number of anilines is 1. The van der Waals surface area contributed by atoms with Gasteiger partial charge < -0.3 is 14.6 Å². The molecule has 0 bridgehead atoms. The smallest absolute Gasteiger partial charge is 0.273 e. The van der Waals surface area contributed by atoms with Crippen molar-refractivity contribution in [1.82, 2.24) is 20.2 Å². The van der Waals surface area contributed by atoms with Crippen LogP contribution in [0.4, 0.5) is 10.1 Å². The Morgan fingerprint density at radius 3 is 2.61 bits per heavy atom. The van der Waals surface area contributed by atoms with Gasteiger partial charge in [0.15, 0.2) is 5.69 Å². The van der Waals surface area contributed by atoms with Gasteiger partial charge in [-0.05, 0) is 36.2 Å². The average Bonchev–Trinajstić information content (AvgIpc) is 3.27. The maximum Gasteiger partial charge on any atom is 0.273 e. The summed E-state index contributed by atoms with van der Waals surface area (Å²) in [6.45, 7) is 5.50. The highest BCUT2D eigenvalue weighted by Crippen LogP contribution is 2.21. The van der Waals surface area contributed by atoms with E-state index >= 15 is 0 Å². The molecule has 162 valence electrons. The van der Waals surface area contributed by atoms with E-state index in [0.717, 1.165) is 38.2 Å². The highest BCUT2D eigenvalue weighted by atomic mass is 19.1. The predicted molar refractivity (Wildman–Crippen MR) is 115 cm³/mol. The van der Waals surface area contributed by atoms with Crippen LogP contribution in [-0.2, 0) is 6.54 Å². The first kappa shape index (κ1) is 21.0. The van der Waals surface area contributed by atoms with Crippen molar-refractivity contribution >= 4 is 11.6 Å². The van der Waals surface area contributed by atoms with Crippen LogP contribution in [-0.4, -0.2) is 47.0 Å². The molecule has 1 aromatic carbocycles. The minimum absolute atomic E-state index is 0.109. The van der Waals surface area contributed by atoms with E-state index in [1.54, 1.807) is 24.5 Å². The Balaban J connectivity index is 1.31. The van der Waals surface area contributed by atoms with E-state index in [9.17, 15) is 9.18 Å². The number of nitrogens with one attached hydrogen (secondary N) is 1. The van der Waals surface area contributed by atoms with Crippen molar-refractivity contribution in [3.05, 3.63) is 78.0 Å². The lowest BCUT2D eigenvalue weighted by molar-refractivity contribution is 0.0930. The topological polar surface area (TPSA) is 74.5 Å². The first-order valence-electron chi connectivity index (χ1n) is 10.5. The Morgan fingerprint density at radius 2 is 1.90 bits per heavy atom. The molecule has 0 radical (unpaired) electrons. The molecule has 1 N–H and O–H groups in total. The normalized spacial score (nSPS) is 15.6. The van der Waals surface area contributed by atoms with Crippen LogP contribution in [0.2, 0.25) is 0 Å². The van der Waals surface area contributed by atoms with E-state index in [0.29, 0.717) is 18.1 Å². The monoisotopic (exact) mass is 423 g/mol. The quantitative estimate of drug-likeness (QED) is 0.628. The summed E-state index contributed by atoms with van der Waals surface area (Å²) in [6.07, 6.45) is 5.58. The highest BCUT2D eigenvalue weighted by molar-refractivity contribution is 5.92. The van der Waals surface area contributed by atoms with E-state index in [1.165, 1.54) is 12.3 Å². The maximum atomic E-state index is 14.0. The molecule has 1 amide bonds. The van der Waals surface area contributed by atoms with Crippen LogP contribution >= 0.6 is 0 Å². The van der Waals surface area contributed by atoms with Crippen molar-refractivity contribution in [3.8, 4) is 0 Å². The van der Waals surface area contributed by atoms with Crippen molar-refractivity contribution in [1.29, 1.82) is 0 Å². The third kappa shape index (κ3) is 5.08. The molecule has 7 nitrogen and oxygen atoms in total. The van der Waals surface area contributed by atoms with E-state index in [4.69, 9.17) is 4.42 Å². The van der Waals surface area contributed by atoms with Gasteiger partial charge in [0.05, 0.1) is 18.3 Å². The summed E-state index contributed by atoms with van der Waals surface area (Å²) in [5, 5.41) is 3.00. The van der Waals surface area contributed by atoms with Crippen LogP contribution in [0, 0.1) is 5.82 Å². The lowest BCUT2D eigenvalue weighted by Crippen LogP contribution is -2.46. The average molecular weight is 423 g/mol. The number of carbonyl (C=O) groups is 1. The van der Waals surface area contributed by atoms with Crippen LogP contribution in [0.3, 0.4) is 0 Å². The number of amides is 1. The molecule has 8 heteroatoms. The number of pyridine rings is 1. The molecule has 1 aliphatic rings. The number of nitrogens with zero attached hydrogens (tertiary/aromatic N) is 4. The number of rotatable bonds is 7. The van der Waals surface area contributed by atoms with Crippen molar-refractivity contribution in [3.63, 3.8) is 0 Å². The van der Waals surface area contributed by atoms with Crippen LogP contribution in [0.5, 0.6) is 0 Å². The minimum atomic E-state index is -0.261. The summed E-state index contributed by atoms with van der Waals surface area (Å²) in [6, 6.07) is 10.5. The van der Waals surface area contributed by atoms with Gasteiger partial charge in [0.1, 0.15) is 12.1 Å². The fourth-order valence-corrected chi connectivity index (χ4v) is 3.78. The number of carbonyl (C=O) groups excluding carboxylic acids is 1. The summed E-state index contributed by atoms with van der Waals surface area (Å²) < 4.78 is 19.5. The van der Waals surface area contributed by atoms with Crippen LogP contribution < -0.4 is 10.2 Å². The minimum Gasteiger partial charge on any atom is -0.447 e. The fraction of sp³-hybridized carbons (Fsp3) is 0.348. The standard InChI is InChI=1S/C23H26FN5O2/c1-2-19(17-7-9-25-10-8-17)27-23(30)20-16-31-22(26-20)15-28-11-13-29(14-12-28)21-6-4-3-5-18(21)24/h3-10,16,19H,2,11-15H2,1H3,(H,27,30). The van der Waals surface area contributed by atoms with Crippen molar-refractivity contribution in [2.75, 3.05) is 31.1 Å². The predicted octanol–water partition coefficient (Wildman–Crippen LogP) is 3.41. The number of aromatic nitrogens is 2. The first-order chi connectivity index (χ1) is 15.1. The third-order valence-electron chi connectivity index (χ3n) is 5.53. The molecular formula is C23H26FN5O2. The van der Waals surface area contributed by atoms with Crippen LogP contribution in [0.1, 0.15) is 41.3 Å². The Bertz CT molecular complexity index is 1000. The highest BCUT2D eigenvalue weighted by Gasteiger charge is 2.22. The number of hydrogen-bond donors (Lipinski definition) is 1. The van der Waals surface area contributed by atoms with E-state index in [2.05, 4.69) is 20.2 Å². The molecule has 0 saturated carbocycles. The molecule has 0 aliphatic carbocycles. The number of oxazole rings is 1. The largest absolute Gasteiger partial charge is 0.447 e. The second kappa shape index (κ2) is 9.70. The van der Waals surface area contributed by atoms with Gasteiger partial charge >= 0.3 is 0 Å². The van der Waals surface area contributed by atoms with Gasteiger partial charge in [-0.1, -0.05) is 19.1 Å². The molecule has 1 unspecified atom stereocenters. The van der Waals surface area contributed by atoms with E-state index < -0.39 is 0 Å². The number of para-hydroxylation sites is 1. The second-order valence-electron chi connectivity index (χ2n) is 7.56. The molecule has 3 heterocycles. The third-order valence-corrected chi connectivity index (χ3v) is 5.53. The van der Waals surface area contributed by atoms with Gasteiger partial charge in [0.2, 0.25) is 5.89 Å². The molecule has 3 aromatic rings. The molecule has 4 rings (SSSR count). The summed E-state index contributed by atoms with van der Waals surface area (Å²) >= 11 is 0. The molecule has 1 atom stereocenters. The molecule has 1 aliphatic heterocycles. The van der Waals surface area contributed by atoms with Crippen LogP contribution in [0.25, 0.3) is 0 Å². The fourth-order valence-electron chi connectivity index (χ4n) is 3.78. The number of halogens is 1. The van der Waals surface area contributed by atoms with Gasteiger partial charge in [0.25, 0.3) is 5.91 Å². The number of benzene rings is 1. The van der Waals surface area contributed by atoms with Crippen LogP contribution in [0.15, 0.2) is 59.5 Å². The molecule has 2 aromatic heterocycles. The van der Waals surface area contributed by atoms with Crippen molar-refractivity contribution in [2.24, 2.45) is 0 Å². The zero-order valence-corrected chi connectivity index (χ0v) is 17.5. The molecule has 1 fully saturated rings. The summed E-state index contributed by atoms with van der Waals surface area (Å²) in [5.74, 6) is 0.0425. The first-order valence-corrected chi connectivity index (χ1v) is 10.5. The Labute approximate surface area is 180 Å². The lowest BCUT2D eigenvalue weighted by atomic mass is 10.1. The van der Waals surface area contributed by atoms with Gasteiger partial charge in [-0.25, -0.2) is 9.37 Å². The van der Waals surface area contributed by atoms with Gasteiger partial charge in [-0.3, -0.25) is 14.7 Å². The Hall–Kier alpha value is -3.26. The van der Waals surface area contributed by atoms with Gasteiger partial charge in [0, 0.05) is 38.6 Å². The second-order valence-corrected chi connectivity index (χ2v) is 7.56.